The minimum Gasteiger partial charge on any atom is -0.460 e. The first-order valence-electron chi connectivity index (χ1n) is 5.63. The number of aliphatic hydroxyl groups excluding tert-OH is 1. The monoisotopic (exact) mass is 248 g/mol. The lowest BCUT2D eigenvalue weighted by Gasteiger charge is -1.99. The van der Waals surface area contributed by atoms with Gasteiger partial charge in [0, 0.05) is 5.57 Å². The van der Waals surface area contributed by atoms with Crippen molar-refractivity contribution >= 4 is 12.0 Å². The first kappa shape index (κ1) is 16.1. The smallest absolute Gasteiger partial charge is 0.333 e. The van der Waals surface area contributed by atoms with Gasteiger partial charge in [-0.1, -0.05) is 49.1 Å². The molecule has 0 aliphatic carbocycles. The normalized spacial score (nSPS) is 8.83. The number of esters is 1. The first-order valence-corrected chi connectivity index (χ1v) is 5.63. The second-order valence-electron chi connectivity index (χ2n) is 3.75. The van der Waals surface area contributed by atoms with E-state index in [2.05, 4.69) is 49.1 Å². The molecule has 0 heterocycles. The van der Waals surface area contributed by atoms with Gasteiger partial charge in [0.05, 0.1) is 6.61 Å². The van der Waals surface area contributed by atoms with Gasteiger partial charge in [0.25, 0.3) is 0 Å². The maximum absolute atomic E-state index is 10.5. The topological polar surface area (TPSA) is 46.5 Å². The molecule has 0 saturated heterocycles. The highest BCUT2D eigenvalue weighted by Crippen LogP contribution is 2.02. The summed E-state index contributed by atoms with van der Waals surface area (Å²) in [5.41, 5.74) is 2.82. The van der Waals surface area contributed by atoms with Crippen LogP contribution in [0.5, 0.6) is 0 Å². The quantitative estimate of drug-likeness (QED) is 0.658. The van der Waals surface area contributed by atoms with E-state index in [1.54, 1.807) is 6.92 Å². The molecule has 0 unspecified atom stereocenters. The third-order valence-corrected chi connectivity index (χ3v) is 1.99. The zero-order valence-corrected chi connectivity index (χ0v) is 11.0. The summed E-state index contributed by atoms with van der Waals surface area (Å²) in [4.78, 5) is 10.5. The average molecular weight is 248 g/mol. The highest BCUT2D eigenvalue weighted by atomic mass is 16.5. The summed E-state index contributed by atoms with van der Waals surface area (Å²) in [6.45, 7) is 10.6. The van der Waals surface area contributed by atoms with Crippen molar-refractivity contribution < 1.29 is 14.6 Å². The van der Waals surface area contributed by atoms with E-state index in [0.29, 0.717) is 5.57 Å². The highest BCUT2D eigenvalue weighted by molar-refractivity contribution is 5.86. The fraction of sp³-hybridized carbons (Fsp3) is 0.267. The number of benzene rings is 1. The van der Waals surface area contributed by atoms with Gasteiger partial charge >= 0.3 is 5.97 Å². The molecular weight excluding hydrogens is 228 g/mol. The van der Waals surface area contributed by atoms with Crippen LogP contribution in [0, 0.1) is 6.92 Å². The van der Waals surface area contributed by atoms with E-state index in [1.807, 2.05) is 6.08 Å². The van der Waals surface area contributed by atoms with Crippen LogP contribution in [0.1, 0.15) is 18.1 Å². The molecule has 18 heavy (non-hydrogen) atoms. The third-order valence-electron chi connectivity index (χ3n) is 1.99. The summed E-state index contributed by atoms with van der Waals surface area (Å²) in [7, 11) is 0. The van der Waals surface area contributed by atoms with Gasteiger partial charge < -0.3 is 9.84 Å². The average Bonchev–Trinajstić information content (AvgIpc) is 2.37. The van der Waals surface area contributed by atoms with Gasteiger partial charge in [-0.05, 0) is 19.4 Å². The van der Waals surface area contributed by atoms with Crippen molar-refractivity contribution in [3.05, 3.63) is 54.1 Å². The number of carbonyl (C=O) groups excluding carboxylic acids is 1. The van der Waals surface area contributed by atoms with Crippen LogP contribution in [-0.4, -0.2) is 24.3 Å². The van der Waals surface area contributed by atoms with Gasteiger partial charge in [-0.2, -0.15) is 0 Å². The molecule has 0 saturated carbocycles. The Morgan fingerprint density at radius 2 is 1.94 bits per heavy atom. The largest absolute Gasteiger partial charge is 0.460 e. The van der Waals surface area contributed by atoms with Crippen LogP contribution in [0.2, 0.25) is 0 Å². The van der Waals surface area contributed by atoms with Crippen molar-refractivity contribution in [2.75, 3.05) is 13.2 Å². The minimum atomic E-state index is -0.455. The summed E-state index contributed by atoms with van der Waals surface area (Å²) in [5, 5.41) is 8.19. The van der Waals surface area contributed by atoms with Crippen molar-refractivity contribution in [1.29, 1.82) is 0 Å². The molecule has 0 radical (unpaired) electrons. The van der Waals surface area contributed by atoms with Crippen LogP contribution in [0.3, 0.4) is 0 Å². The third kappa shape index (κ3) is 7.41. The predicted molar refractivity (Wildman–Crippen MR) is 74.1 cm³/mol. The molecule has 0 aliphatic rings. The Balaban J connectivity index is 0.000000321. The molecule has 3 heteroatoms. The molecule has 1 aromatic rings. The van der Waals surface area contributed by atoms with Crippen molar-refractivity contribution in [2.45, 2.75) is 13.8 Å². The van der Waals surface area contributed by atoms with E-state index >= 15 is 0 Å². The first-order chi connectivity index (χ1) is 8.51. The molecule has 98 valence electrons. The maximum Gasteiger partial charge on any atom is 0.333 e. The lowest BCUT2D eigenvalue weighted by atomic mass is 10.2. The number of hydrogen-bond donors (Lipinski definition) is 1. The SMILES string of the molecule is C=C(C)C(=O)OCCO.C=Cc1ccc(C)cc1. The van der Waals surface area contributed by atoms with Crippen molar-refractivity contribution in [3.63, 3.8) is 0 Å². The van der Waals surface area contributed by atoms with Crippen LogP contribution in [0.15, 0.2) is 43.0 Å². The lowest BCUT2D eigenvalue weighted by molar-refractivity contribution is -0.139. The fourth-order valence-corrected chi connectivity index (χ4v) is 0.964. The molecule has 0 aliphatic heterocycles. The van der Waals surface area contributed by atoms with Gasteiger partial charge in [0.2, 0.25) is 0 Å². The number of hydrogen-bond acceptors (Lipinski definition) is 3. The Bertz CT molecular complexity index is 391. The van der Waals surface area contributed by atoms with Crippen LogP contribution in [0.25, 0.3) is 6.08 Å². The molecule has 0 bridgehead atoms. The molecule has 1 N–H and O–H groups in total. The summed E-state index contributed by atoms with van der Waals surface area (Å²) in [6.07, 6.45) is 1.85. The Hall–Kier alpha value is -1.87. The maximum atomic E-state index is 10.5. The van der Waals surface area contributed by atoms with Crippen LogP contribution in [0.4, 0.5) is 0 Å². The molecule has 1 aromatic carbocycles. The zero-order chi connectivity index (χ0) is 14.0. The number of aryl methyl sites for hydroxylation is 1. The molecule has 1 rings (SSSR count). The van der Waals surface area contributed by atoms with E-state index < -0.39 is 5.97 Å². The molecule has 3 nitrogen and oxygen atoms in total. The van der Waals surface area contributed by atoms with Gasteiger partial charge in [-0.15, -0.1) is 0 Å². The Labute approximate surface area is 108 Å². The van der Waals surface area contributed by atoms with Gasteiger partial charge in [-0.3, -0.25) is 0 Å². The summed E-state index contributed by atoms with van der Waals surface area (Å²) < 4.78 is 4.46. The highest BCUT2D eigenvalue weighted by Gasteiger charge is 1.99. The predicted octanol–water partition coefficient (Wildman–Crippen LogP) is 2.74. The van der Waals surface area contributed by atoms with Crippen LogP contribution in [-0.2, 0) is 9.53 Å². The van der Waals surface area contributed by atoms with E-state index in [1.165, 1.54) is 11.1 Å². The molecule has 0 atom stereocenters. The van der Waals surface area contributed by atoms with Gasteiger partial charge in [-0.25, -0.2) is 4.79 Å². The number of ether oxygens (including phenoxy) is 1. The van der Waals surface area contributed by atoms with Crippen molar-refractivity contribution in [2.24, 2.45) is 0 Å². The second-order valence-corrected chi connectivity index (χ2v) is 3.75. The summed E-state index contributed by atoms with van der Waals surface area (Å²) in [6, 6.07) is 8.28. The molecule has 0 fully saturated rings. The van der Waals surface area contributed by atoms with Gasteiger partial charge in [0.1, 0.15) is 6.61 Å². The standard InChI is InChI=1S/C9H10.C6H10O3/c1-3-9-6-4-8(2)5-7-9;1-5(2)6(8)9-4-3-7/h3-7H,1H2,2H3;7H,1,3-4H2,2H3. The van der Waals surface area contributed by atoms with E-state index in [-0.39, 0.29) is 13.2 Å². The van der Waals surface area contributed by atoms with Crippen LogP contribution < -0.4 is 0 Å². The Morgan fingerprint density at radius 1 is 1.39 bits per heavy atom. The zero-order valence-electron chi connectivity index (χ0n) is 11.0. The minimum absolute atomic E-state index is 0.0473. The van der Waals surface area contributed by atoms with Crippen LogP contribution >= 0.6 is 0 Å². The van der Waals surface area contributed by atoms with E-state index in [9.17, 15) is 4.79 Å². The van der Waals surface area contributed by atoms with Gasteiger partial charge in [0.15, 0.2) is 0 Å². The molecule has 0 aromatic heterocycles. The molecule has 0 spiro atoms. The number of aliphatic hydroxyl groups is 1. The lowest BCUT2D eigenvalue weighted by Crippen LogP contribution is -2.08. The van der Waals surface area contributed by atoms with Crippen molar-refractivity contribution in [3.8, 4) is 0 Å². The summed E-state index contributed by atoms with van der Waals surface area (Å²) >= 11 is 0. The second kappa shape index (κ2) is 9.19. The number of rotatable bonds is 4. The number of carbonyl (C=O) groups is 1. The Morgan fingerprint density at radius 3 is 2.33 bits per heavy atom. The van der Waals surface area contributed by atoms with E-state index in [4.69, 9.17) is 5.11 Å². The van der Waals surface area contributed by atoms with Crippen molar-refractivity contribution in [1.82, 2.24) is 0 Å². The molecule has 0 amide bonds. The Kier molecular flexibility index (Phi) is 8.24. The summed E-state index contributed by atoms with van der Waals surface area (Å²) in [5.74, 6) is -0.455. The van der Waals surface area contributed by atoms with E-state index in [0.717, 1.165) is 0 Å². The molecular formula is C15H20O3. The fourth-order valence-electron chi connectivity index (χ4n) is 0.964.